The van der Waals surface area contributed by atoms with E-state index in [9.17, 15) is 9.18 Å². The van der Waals surface area contributed by atoms with Gasteiger partial charge in [0.25, 0.3) is 5.91 Å². The van der Waals surface area contributed by atoms with Gasteiger partial charge in [0.15, 0.2) is 5.76 Å². The lowest BCUT2D eigenvalue weighted by molar-refractivity contribution is 0.0664. The highest BCUT2D eigenvalue weighted by Crippen LogP contribution is 2.45. The molecule has 5 heteroatoms. The fourth-order valence-corrected chi connectivity index (χ4v) is 4.25. The third kappa shape index (κ3) is 2.81. The van der Waals surface area contributed by atoms with E-state index in [1.165, 1.54) is 12.3 Å². The number of piperidine rings is 1. The van der Waals surface area contributed by atoms with Crippen LogP contribution < -0.4 is 4.90 Å². The van der Waals surface area contributed by atoms with E-state index in [4.69, 9.17) is 4.42 Å². The molecule has 25 heavy (non-hydrogen) atoms. The number of carbonyl (C=O) groups excluding carboxylic acids is 1. The third-order valence-corrected chi connectivity index (χ3v) is 5.26. The molecule has 1 aromatic carbocycles. The van der Waals surface area contributed by atoms with Gasteiger partial charge in [0.2, 0.25) is 0 Å². The van der Waals surface area contributed by atoms with Gasteiger partial charge in [-0.1, -0.05) is 13.8 Å². The molecule has 0 N–H and O–H groups in total. The number of benzene rings is 1. The predicted molar refractivity (Wildman–Crippen MR) is 94.3 cm³/mol. The molecule has 0 unspecified atom stereocenters. The number of hydrogen-bond donors (Lipinski definition) is 0. The van der Waals surface area contributed by atoms with Crippen LogP contribution in [0.3, 0.4) is 0 Å². The summed E-state index contributed by atoms with van der Waals surface area (Å²) in [5.41, 5.74) is 2.15. The lowest BCUT2D eigenvalue weighted by atomic mass is 9.88. The van der Waals surface area contributed by atoms with E-state index in [0.29, 0.717) is 30.8 Å². The zero-order chi connectivity index (χ0) is 17.6. The summed E-state index contributed by atoms with van der Waals surface area (Å²) in [7, 11) is 0. The van der Waals surface area contributed by atoms with Crippen LogP contribution in [0.4, 0.5) is 10.1 Å². The van der Waals surface area contributed by atoms with Crippen molar-refractivity contribution < 1.29 is 13.6 Å². The summed E-state index contributed by atoms with van der Waals surface area (Å²) in [5, 5.41) is 0. The molecule has 4 rings (SSSR count). The van der Waals surface area contributed by atoms with Gasteiger partial charge in [0.05, 0.1) is 6.26 Å². The summed E-state index contributed by atoms with van der Waals surface area (Å²) >= 11 is 0. The zero-order valence-electron chi connectivity index (χ0n) is 14.6. The number of likely N-dealkylation sites (tertiary alicyclic amines) is 1. The summed E-state index contributed by atoms with van der Waals surface area (Å²) in [5.74, 6) is 0.758. The smallest absolute Gasteiger partial charge is 0.289 e. The Bertz CT molecular complexity index is 772. The van der Waals surface area contributed by atoms with Crippen molar-refractivity contribution in [2.75, 3.05) is 24.5 Å². The highest BCUT2D eigenvalue weighted by molar-refractivity contribution is 5.91. The van der Waals surface area contributed by atoms with Crippen LogP contribution in [-0.4, -0.2) is 36.5 Å². The summed E-state index contributed by atoms with van der Waals surface area (Å²) in [4.78, 5) is 16.9. The monoisotopic (exact) mass is 342 g/mol. The summed E-state index contributed by atoms with van der Waals surface area (Å²) < 4.78 is 19.1. The Labute approximate surface area is 147 Å². The van der Waals surface area contributed by atoms with Crippen LogP contribution in [0.5, 0.6) is 0 Å². The van der Waals surface area contributed by atoms with Crippen molar-refractivity contribution in [2.45, 2.75) is 32.2 Å². The molecule has 1 saturated heterocycles. The lowest BCUT2D eigenvalue weighted by Gasteiger charge is -2.39. The molecular weight excluding hydrogens is 319 g/mol. The Hall–Kier alpha value is -2.30. The number of furan rings is 1. The van der Waals surface area contributed by atoms with Crippen LogP contribution in [0.25, 0.3) is 0 Å². The van der Waals surface area contributed by atoms with Crippen molar-refractivity contribution in [1.82, 2.24) is 4.90 Å². The van der Waals surface area contributed by atoms with E-state index >= 15 is 0 Å². The van der Waals surface area contributed by atoms with Gasteiger partial charge in [-0.05, 0) is 48.2 Å². The number of rotatable bonds is 3. The van der Waals surface area contributed by atoms with E-state index in [1.54, 1.807) is 18.2 Å². The second kappa shape index (κ2) is 6.21. The topological polar surface area (TPSA) is 36.7 Å². The molecule has 1 amide bonds. The quantitative estimate of drug-likeness (QED) is 0.849. The first kappa shape index (κ1) is 16.2. The highest BCUT2D eigenvalue weighted by Gasteiger charge is 2.43. The molecule has 2 atom stereocenters. The van der Waals surface area contributed by atoms with Crippen molar-refractivity contribution in [3.8, 4) is 0 Å². The Morgan fingerprint density at radius 3 is 2.92 bits per heavy atom. The fraction of sp³-hybridized carbons (Fsp3) is 0.450. The second-order valence-electron chi connectivity index (χ2n) is 7.44. The molecule has 3 heterocycles. The summed E-state index contributed by atoms with van der Waals surface area (Å²) in [6, 6.07) is 8.83. The molecular formula is C20H23FN2O2. The van der Waals surface area contributed by atoms with Crippen LogP contribution in [0.15, 0.2) is 41.0 Å². The van der Waals surface area contributed by atoms with Crippen LogP contribution in [-0.2, 0) is 0 Å². The first-order valence-electron chi connectivity index (χ1n) is 8.93. The number of amides is 1. The van der Waals surface area contributed by atoms with Crippen LogP contribution in [0.1, 0.15) is 42.3 Å². The Kier molecular flexibility index (Phi) is 4.02. The van der Waals surface area contributed by atoms with E-state index in [2.05, 4.69) is 18.7 Å². The maximum Gasteiger partial charge on any atom is 0.289 e. The number of fused-ring (bicyclic) bond motifs is 3. The van der Waals surface area contributed by atoms with Gasteiger partial charge in [-0.15, -0.1) is 0 Å². The number of carbonyl (C=O) groups is 1. The Morgan fingerprint density at radius 1 is 1.36 bits per heavy atom. The van der Waals surface area contributed by atoms with Gasteiger partial charge in [0.1, 0.15) is 5.82 Å². The number of halogens is 1. The molecule has 2 aliphatic heterocycles. The van der Waals surface area contributed by atoms with E-state index < -0.39 is 0 Å². The van der Waals surface area contributed by atoms with E-state index in [-0.39, 0.29) is 17.6 Å². The Balaban J connectivity index is 1.63. The molecule has 0 saturated carbocycles. The van der Waals surface area contributed by atoms with Crippen LogP contribution in [0.2, 0.25) is 0 Å². The molecule has 2 aromatic rings. The minimum Gasteiger partial charge on any atom is -0.459 e. The molecule has 2 aliphatic rings. The molecule has 132 valence electrons. The van der Waals surface area contributed by atoms with Gasteiger partial charge in [-0.2, -0.15) is 0 Å². The average Bonchev–Trinajstić information content (AvgIpc) is 3.21. The Morgan fingerprint density at radius 2 is 2.20 bits per heavy atom. The first-order chi connectivity index (χ1) is 12.0. The minimum atomic E-state index is -0.210. The molecule has 0 spiro atoms. The van der Waals surface area contributed by atoms with Crippen LogP contribution in [0, 0.1) is 11.7 Å². The van der Waals surface area contributed by atoms with Crippen molar-refractivity contribution in [3.05, 3.63) is 53.7 Å². The predicted octanol–water partition coefficient (Wildman–Crippen LogP) is 3.89. The van der Waals surface area contributed by atoms with Crippen molar-refractivity contribution in [1.29, 1.82) is 0 Å². The summed E-state index contributed by atoms with van der Waals surface area (Å²) in [6.45, 7) is 6.66. The molecule has 0 radical (unpaired) electrons. The van der Waals surface area contributed by atoms with Gasteiger partial charge in [-0.3, -0.25) is 4.79 Å². The van der Waals surface area contributed by atoms with Crippen molar-refractivity contribution >= 4 is 11.6 Å². The van der Waals surface area contributed by atoms with Gasteiger partial charge in [-0.25, -0.2) is 4.39 Å². The molecule has 0 bridgehead atoms. The number of nitrogens with zero attached hydrogens (tertiary/aromatic N) is 2. The third-order valence-electron chi connectivity index (χ3n) is 5.26. The maximum atomic E-state index is 13.9. The molecule has 4 nitrogen and oxygen atoms in total. The van der Waals surface area contributed by atoms with E-state index in [1.807, 2.05) is 11.0 Å². The number of anilines is 1. The molecule has 1 fully saturated rings. The molecule has 0 aliphatic carbocycles. The zero-order valence-corrected chi connectivity index (χ0v) is 14.6. The van der Waals surface area contributed by atoms with Crippen molar-refractivity contribution in [2.24, 2.45) is 5.92 Å². The standard InChI is InChI=1S/C20H23FN2O2/c1-13(2)11-23-17-6-5-14(21)10-15(17)16-12-22(8-7-18(16)23)20(24)19-4-3-9-25-19/h3-6,9-10,13,16,18H,7-8,11-12H2,1-2H3/t16-,18+/m0/s1. The average molecular weight is 342 g/mol. The summed E-state index contributed by atoms with van der Waals surface area (Å²) in [6.07, 6.45) is 2.41. The van der Waals surface area contributed by atoms with E-state index in [0.717, 1.165) is 24.2 Å². The highest BCUT2D eigenvalue weighted by atomic mass is 19.1. The normalized spacial score (nSPS) is 22.2. The number of hydrogen-bond acceptors (Lipinski definition) is 3. The largest absolute Gasteiger partial charge is 0.459 e. The van der Waals surface area contributed by atoms with Gasteiger partial charge in [0, 0.05) is 37.3 Å². The lowest BCUT2D eigenvalue weighted by Crippen LogP contribution is -2.48. The van der Waals surface area contributed by atoms with Gasteiger partial charge < -0.3 is 14.2 Å². The first-order valence-corrected chi connectivity index (χ1v) is 8.93. The van der Waals surface area contributed by atoms with Crippen molar-refractivity contribution in [3.63, 3.8) is 0 Å². The minimum absolute atomic E-state index is 0.0799. The second-order valence-corrected chi connectivity index (χ2v) is 7.44. The SMILES string of the molecule is CC(C)CN1c2ccc(F)cc2[C@@H]2CN(C(=O)c3ccco3)CC[C@H]21. The maximum absolute atomic E-state index is 13.9. The molecule has 1 aromatic heterocycles. The van der Waals surface area contributed by atoms with Gasteiger partial charge >= 0.3 is 0 Å². The van der Waals surface area contributed by atoms with Crippen LogP contribution >= 0.6 is 0 Å². The fourth-order valence-electron chi connectivity index (χ4n) is 4.25.